The van der Waals surface area contributed by atoms with Crippen LogP contribution in [0.3, 0.4) is 0 Å². The summed E-state index contributed by atoms with van der Waals surface area (Å²) in [4.78, 5) is 9.12. The molecule has 4 N–H and O–H groups in total. The molecule has 4 aromatic rings. The van der Waals surface area contributed by atoms with Crippen molar-refractivity contribution in [1.82, 2.24) is 19.6 Å². The van der Waals surface area contributed by atoms with Crippen LogP contribution in [0.5, 0.6) is 23.0 Å². The number of hydrogen-bond donors (Lipinski definition) is 4. The Morgan fingerprint density at radius 1 is 0.321 bits per heavy atom. The number of phenolic OH excluding ortho intramolecular Hbond substituents is 4. The summed E-state index contributed by atoms with van der Waals surface area (Å²) in [5.74, 6) is 1.37. The van der Waals surface area contributed by atoms with Gasteiger partial charge in [-0.15, -0.1) is 0 Å². The average Bonchev–Trinajstić information content (AvgIpc) is 3.22. The maximum Gasteiger partial charge on any atom is 0.120 e. The average molecular weight is 765 g/mol. The first-order chi connectivity index (χ1) is 27.0. The SMILES string of the molecule is CCN(CC)Cc1cc(/C=C/c2ccc(O)c(CN(CC)CC)c2)ccc1O.CCN(CC)Cc1cc(/C=C\c2ccc(O)c(CN(CC)CC)c2)ccc1O. The van der Waals surface area contributed by atoms with Crippen LogP contribution in [0.2, 0.25) is 0 Å². The quantitative estimate of drug-likeness (QED) is 0.0662. The number of rotatable bonds is 20. The highest BCUT2D eigenvalue weighted by Crippen LogP contribution is 2.26. The van der Waals surface area contributed by atoms with Crippen molar-refractivity contribution >= 4 is 24.3 Å². The normalized spacial score (nSPS) is 11.8. The van der Waals surface area contributed by atoms with Crippen LogP contribution in [-0.2, 0) is 26.2 Å². The molecule has 0 saturated carbocycles. The molecule has 56 heavy (non-hydrogen) atoms. The zero-order valence-corrected chi connectivity index (χ0v) is 35.3. The lowest BCUT2D eigenvalue weighted by Gasteiger charge is -2.19. The van der Waals surface area contributed by atoms with Gasteiger partial charge in [-0.2, -0.15) is 0 Å². The Kier molecular flexibility index (Phi) is 19.7. The molecule has 4 rings (SSSR count). The monoisotopic (exact) mass is 765 g/mol. The Morgan fingerprint density at radius 2 is 0.500 bits per heavy atom. The molecule has 0 saturated heterocycles. The van der Waals surface area contributed by atoms with Gasteiger partial charge in [-0.05, 0) is 123 Å². The van der Waals surface area contributed by atoms with Crippen molar-refractivity contribution < 1.29 is 20.4 Å². The van der Waals surface area contributed by atoms with Crippen LogP contribution in [0.25, 0.3) is 24.3 Å². The molecular formula is C48H68N4O4. The Balaban J connectivity index is 0.000000300. The third-order valence-corrected chi connectivity index (χ3v) is 10.5. The Bertz CT molecular complexity index is 1560. The second-order valence-corrected chi connectivity index (χ2v) is 14.1. The Hall–Kier alpha value is -4.60. The molecule has 0 aliphatic rings. The van der Waals surface area contributed by atoms with Gasteiger partial charge in [-0.25, -0.2) is 0 Å². The van der Waals surface area contributed by atoms with Crippen LogP contribution >= 0.6 is 0 Å². The number of phenols is 4. The van der Waals surface area contributed by atoms with E-state index in [1.54, 1.807) is 24.3 Å². The fraction of sp³-hybridized carbons (Fsp3) is 0.417. The predicted octanol–water partition coefficient (Wildman–Crippen LogP) is 9.90. The number of hydrogen-bond acceptors (Lipinski definition) is 8. The second kappa shape index (κ2) is 24.1. The molecule has 8 nitrogen and oxygen atoms in total. The molecule has 8 heteroatoms. The standard InChI is InChI=1S/2C24H34N2O2/c2*1-5-25(6-2)17-21-15-19(11-13-23(21)27)9-10-20-12-14-24(28)22(16-20)18-26(7-3)8-4/h2*9-16,27-28H,5-8,17-18H2,1-4H3/b10-9+;10-9-. The van der Waals surface area contributed by atoms with E-state index in [0.717, 1.165) is 123 Å². The molecule has 0 aliphatic heterocycles. The number of benzene rings is 4. The summed E-state index contributed by atoms with van der Waals surface area (Å²) in [7, 11) is 0. The smallest absolute Gasteiger partial charge is 0.120 e. The molecule has 0 heterocycles. The van der Waals surface area contributed by atoms with Gasteiger partial charge in [0.2, 0.25) is 0 Å². The fourth-order valence-corrected chi connectivity index (χ4v) is 6.48. The maximum absolute atomic E-state index is 10.2. The van der Waals surface area contributed by atoms with Crippen LogP contribution in [-0.4, -0.2) is 92.4 Å². The second-order valence-electron chi connectivity index (χ2n) is 14.1. The van der Waals surface area contributed by atoms with E-state index in [1.807, 2.05) is 48.5 Å². The zero-order chi connectivity index (χ0) is 41.0. The topological polar surface area (TPSA) is 93.9 Å². The molecule has 0 bridgehead atoms. The molecular weight excluding hydrogens is 697 g/mol. The zero-order valence-electron chi connectivity index (χ0n) is 35.3. The van der Waals surface area contributed by atoms with E-state index in [1.165, 1.54) is 0 Å². The van der Waals surface area contributed by atoms with Crippen molar-refractivity contribution in [2.45, 2.75) is 81.6 Å². The van der Waals surface area contributed by atoms with E-state index in [4.69, 9.17) is 0 Å². The molecule has 0 spiro atoms. The van der Waals surface area contributed by atoms with Crippen molar-refractivity contribution in [1.29, 1.82) is 0 Å². The summed E-state index contributed by atoms with van der Waals surface area (Å²) in [5.41, 5.74) is 7.99. The number of aromatic hydroxyl groups is 4. The van der Waals surface area contributed by atoms with Crippen molar-refractivity contribution in [2.24, 2.45) is 0 Å². The molecule has 0 fully saturated rings. The highest BCUT2D eigenvalue weighted by Gasteiger charge is 2.10. The van der Waals surface area contributed by atoms with Crippen LogP contribution < -0.4 is 0 Å². The van der Waals surface area contributed by atoms with E-state index in [9.17, 15) is 20.4 Å². The van der Waals surface area contributed by atoms with E-state index < -0.39 is 0 Å². The minimum atomic E-state index is 0.343. The van der Waals surface area contributed by atoms with E-state index in [2.05, 4.69) is 99.3 Å². The molecule has 4 aromatic carbocycles. The van der Waals surface area contributed by atoms with Gasteiger partial charge in [-0.3, -0.25) is 19.6 Å². The van der Waals surface area contributed by atoms with Gasteiger partial charge >= 0.3 is 0 Å². The van der Waals surface area contributed by atoms with Crippen molar-refractivity contribution in [3.8, 4) is 23.0 Å². The van der Waals surface area contributed by atoms with Crippen LogP contribution in [0.15, 0.2) is 72.8 Å². The van der Waals surface area contributed by atoms with Gasteiger partial charge < -0.3 is 20.4 Å². The third-order valence-electron chi connectivity index (χ3n) is 10.5. The fourth-order valence-electron chi connectivity index (χ4n) is 6.48. The van der Waals surface area contributed by atoms with Crippen molar-refractivity contribution in [3.63, 3.8) is 0 Å². The first-order valence-corrected chi connectivity index (χ1v) is 20.5. The van der Waals surface area contributed by atoms with Crippen LogP contribution in [0.1, 0.15) is 99.9 Å². The largest absolute Gasteiger partial charge is 0.508 e. The molecule has 0 unspecified atom stereocenters. The minimum absolute atomic E-state index is 0.343. The summed E-state index contributed by atoms with van der Waals surface area (Å²) in [6, 6.07) is 22.9. The van der Waals surface area contributed by atoms with Gasteiger partial charge in [0.15, 0.2) is 0 Å². The molecule has 304 valence electrons. The Labute approximate surface area is 337 Å². The van der Waals surface area contributed by atoms with Crippen molar-refractivity contribution in [3.05, 3.63) is 117 Å². The van der Waals surface area contributed by atoms with Crippen LogP contribution in [0, 0.1) is 0 Å². The van der Waals surface area contributed by atoms with E-state index >= 15 is 0 Å². The molecule has 0 radical (unpaired) electrons. The van der Waals surface area contributed by atoms with Crippen molar-refractivity contribution in [2.75, 3.05) is 52.4 Å². The lowest BCUT2D eigenvalue weighted by molar-refractivity contribution is 0.291. The molecule has 0 amide bonds. The summed E-state index contributed by atoms with van der Waals surface area (Å²) >= 11 is 0. The summed E-state index contributed by atoms with van der Waals surface area (Å²) in [6.07, 6.45) is 8.22. The summed E-state index contributed by atoms with van der Waals surface area (Å²) < 4.78 is 0. The van der Waals surface area contributed by atoms with E-state index in [0.29, 0.717) is 23.0 Å². The van der Waals surface area contributed by atoms with Gasteiger partial charge in [0.1, 0.15) is 23.0 Å². The first kappa shape index (κ1) is 45.8. The van der Waals surface area contributed by atoms with Gasteiger partial charge in [-0.1, -0.05) is 104 Å². The van der Waals surface area contributed by atoms with Gasteiger partial charge in [0.25, 0.3) is 0 Å². The minimum Gasteiger partial charge on any atom is -0.508 e. The first-order valence-electron chi connectivity index (χ1n) is 20.5. The maximum atomic E-state index is 10.2. The highest BCUT2D eigenvalue weighted by molar-refractivity contribution is 5.72. The van der Waals surface area contributed by atoms with Crippen LogP contribution in [0.4, 0.5) is 0 Å². The Morgan fingerprint density at radius 3 is 0.661 bits per heavy atom. The van der Waals surface area contributed by atoms with Gasteiger partial charge in [0.05, 0.1) is 0 Å². The third kappa shape index (κ3) is 14.5. The lowest BCUT2D eigenvalue weighted by Crippen LogP contribution is -2.22. The predicted molar refractivity (Wildman–Crippen MR) is 237 cm³/mol. The lowest BCUT2D eigenvalue weighted by atomic mass is 10.1. The summed E-state index contributed by atoms with van der Waals surface area (Å²) in [5, 5.41) is 40.7. The molecule has 0 atom stereocenters. The van der Waals surface area contributed by atoms with Gasteiger partial charge in [0, 0.05) is 48.4 Å². The molecule has 0 aromatic heterocycles. The molecule has 0 aliphatic carbocycles. The summed E-state index contributed by atoms with van der Waals surface area (Å²) in [6.45, 7) is 27.7. The number of nitrogens with zero attached hydrogens (tertiary/aromatic N) is 4. The van der Waals surface area contributed by atoms with E-state index in [-0.39, 0.29) is 0 Å². The highest BCUT2D eigenvalue weighted by atomic mass is 16.3.